The number of nitrogens with one attached hydrogen (secondary N) is 1. The monoisotopic (exact) mass is 395 g/mol. The number of nitrogens with zero attached hydrogens (tertiary/aromatic N) is 2. The minimum atomic E-state index is -0.782. The van der Waals surface area contributed by atoms with Crippen LogP contribution in [0.5, 0.6) is 0 Å². The lowest BCUT2D eigenvalue weighted by molar-refractivity contribution is -0.119. The van der Waals surface area contributed by atoms with Crippen LogP contribution in [0.1, 0.15) is 29.7 Å². The first-order valence-corrected chi connectivity index (χ1v) is 9.38. The van der Waals surface area contributed by atoms with Gasteiger partial charge in [0.05, 0.1) is 5.69 Å². The second-order valence-corrected chi connectivity index (χ2v) is 7.38. The number of carbonyl (C=O) groups excluding carboxylic acids is 1. The van der Waals surface area contributed by atoms with Gasteiger partial charge < -0.3 is 5.32 Å². The third-order valence-corrected chi connectivity index (χ3v) is 4.93. The van der Waals surface area contributed by atoms with E-state index in [2.05, 4.69) is 10.4 Å². The van der Waals surface area contributed by atoms with E-state index < -0.39 is 6.04 Å². The van der Waals surface area contributed by atoms with Crippen LogP contribution in [0.4, 0.5) is 5.69 Å². The lowest BCUT2D eigenvalue weighted by Gasteiger charge is -2.16. The molecule has 144 valence electrons. The third kappa shape index (κ3) is 4.15. The van der Waals surface area contributed by atoms with Crippen LogP contribution >= 0.6 is 11.6 Å². The van der Waals surface area contributed by atoms with Crippen LogP contribution in [0.2, 0.25) is 5.02 Å². The molecule has 1 heterocycles. The Bertz CT molecular complexity index is 1110. The Balaban J connectivity index is 1.94. The minimum absolute atomic E-state index is 0.334. The molecule has 0 saturated carbocycles. The van der Waals surface area contributed by atoms with Crippen molar-refractivity contribution < 1.29 is 4.79 Å². The molecule has 0 spiro atoms. The highest BCUT2D eigenvalue weighted by molar-refractivity contribution is 6.31. The number of rotatable bonds is 4. The summed E-state index contributed by atoms with van der Waals surface area (Å²) < 4.78 is 1.21. The molecule has 0 fully saturated rings. The minimum Gasteiger partial charge on any atom is -0.324 e. The fourth-order valence-corrected chi connectivity index (χ4v) is 3.11. The van der Waals surface area contributed by atoms with Gasteiger partial charge in [0, 0.05) is 22.3 Å². The second-order valence-electron chi connectivity index (χ2n) is 6.94. The maximum Gasteiger partial charge on any atom is 0.267 e. The Labute approximate surface area is 169 Å². The fraction of sp³-hybridized carbons (Fsp3) is 0.227. The van der Waals surface area contributed by atoms with Crippen molar-refractivity contribution in [2.75, 3.05) is 5.32 Å². The third-order valence-electron chi connectivity index (χ3n) is 4.70. The lowest BCUT2D eigenvalue weighted by atomic mass is 10.0. The van der Waals surface area contributed by atoms with Crippen LogP contribution in [0.3, 0.4) is 0 Å². The number of anilines is 1. The molecule has 1 atom stereocenters. The molecule has 0 bridgehead atoms. The Kier molecular flexibility index (Phi) is 5.66. The standard InChI is InChI=1S/C22H22ClN3O2/c1-13-5-6-14(2)18(11-13)19-9-10-21(27)26(25-19)16(4)22(28)24-20-12-17(23)8-7-15(20)3/h5-12,16H,1-4H3,(H,24,28)/t16-/m0/s1. The highest BCUT2D eigenvalue weighted by Gasteiger charge is 2.19. The van der Waals surface area contributed by atoms with Crippen molar-refractivity contribution >= 4 is 23.2 Å². The van der Waals surface area contributed by atoms with Crippen molar-refractivity contribution in [3.63, 3.8) is 0 Å². The highest BCUT2D eigenvalue weighted by atomic mass is 35.5. The van der Waals surface area contributed by atoms with Crippen LogP contribution < -0.4 is 10.9 Å². The van der Waals surface area contributed by atoms with E-state index in [1.807, 2.05) is 45.0 Å². The molecule has 0 saturated heterocycles. The summed E-state index contributed by atoms with van der Waals surface area (Å²) in [5.41, 5.74) is 4.90. The van der Waals surface area contributed by atoms with Gasteiger partial charge in [-0.1, -0.05) is 35.4 Å². The number of aryl methyl sites for hydroxylation is 3. The predicted molar refractivity (Wildman–Crippen MR) is 113 cm³/mol. The topological polar surface area (TPSA) is 64.0 Å². The summed E-state index contributed by atoms with van der Waals surface area (Å²) in [7, 11) is 0. The number of hydrogen-bond acceptors (Lipinski definition) is 3. The summed E-state index contributed by atoms with van der Waals surface area (Å²) in [6.07, 6.45) is 0. The van der Waals surface area contributed by atoms with Crippen molar-refractivity contribution in [2.24, 2.45) is 0 Å². The number of benzene rings is 2. The largest absolute Gasteiger partial charge is 0.324 e. The van der Waals surface area contributed by atoms with E-state index in [4.69, 9.17) is 11.6 Å². The summed E-state index contributed by atoms with van der Waals surface area (Å²) in [5, 5.41) is 7.83. The van der Waals surface area contributed by atoms with Crippen molar-refractivity contribution in [1.29, 1.82) is 0 Å². The molecule has 0 unspecified atom stereocenters. The molecule has 1 aromatic heterocycles. The molecule has 3 aromatic rings. The van der Waals surface area contributed by atoms with Gasteiger partial charge in [0.1, 0.15) is 6.04 Å². The van der Waals surface area contributed by atoms with E-state index in [1.54, 1.807) is 25.1 Å². The molecule has 1 amide bonds. The molecule has 3 rings (SSSR count). The first-order valence-electron chi connectivity index (χ1n) is 9.01. The molecule has 28 heavy (non-hydrogen) atoms. The molecule has 0 aliphatic rings. The molecule has 6 heteroatoms. The van der Waals surface area contributed by atoms with Crippen molar-refractivity contribution in [3.8, 4) is 11.3 Å². The fourth-order valence-electron chi connectivity index (χ4n) is 2.94. The molecule has 2 aromatic carbocycles. The van der Waals surface area contributed by atoms with E-state index in [9.17, 15) is 9.59 Å². The van der Waals surface area contributed by atoms with Crippen molar-refractivity contribution in [3.05, 3.63) is 80.6 Å². The molecule has 5 nitrogen and oxygen atoms in total. The normalized spacial score (nSPS) is 11.9. The Morgan fingerprint density at radius 3 is 2.50 bits per heavy atom. The van der Waals surface area contributed by atoms with E-state index in [0.717, 1.165) is 22.3 Å². The number of aromatic nitrogens is 2. The van der Waals surface area contributed by atoms with Gasteiger partial charge in [-0.3, -0.25) is 9.59 Å². The molecule has 0 aliphatic heterocycles. The van der Waals surface area contributed by atoms with Crippen LogP contribution in [0.25, 0.3) is 11.3 Å². The molecule has 0 radical (unpaired) electrons. The van der Waals surface area contributed by atoms with E-state index in [0.29, 0.717) is 16.4 Å². The Morgan fingerprint density at radius 1 is 1.04 bits per heavy atom. The molecular formula is C22H22ClN3O2. The first-order chi connectivity index (χ1) is 13.3. The van der Waals surface area contributed by atoms with E-state index in [-0.39, 0.29) is 11.5 Å². The zero-order valence-corrected chi connectivity index (χ0v) is 17.0. The van der Waals surface area contributed by atoms with Crippen LogP contribution in [-0.4, -0.2) is 15.7 Å². The van der Waals surface area contributed by atoms with Gasteiger partial charge in [0.25, 0.3) is 5.56 Å². The SMILES string of the molecule is Cc1ccc(C)c(-c2ccc(=O)n([C@@H](C)C(=O)Nc3cc(Cl)ccc3C)n2)c1. The summed E-state index contributed by atoms with van der Waals surface area (Å²) in [4.78, 5) is 25.1. The second kappa shape index (κ2) is 7.98. The quantitative estimate of drug-likeness (QED) is 0.697. The van der Waals surface area contributed by atoms with E-state index >= 15 is 0 Å². The van der Waals surface area contributed by atoms with Crippen LogP contribution in [0.15, 0.2) is 53.3 Å². The van der Waals surface area contributed by atoms with Gasteiger partial charge in [-0.05, 0) is 63.1 Å². The maximum absolute atomic E-state index is 12.7. The summed E-state index contributed by atoms with van der Waals surface area (Å²) in [6.45, 7) is 7.52. The average Bonchev–Trinajstić information content (AvgIpc) is 2.66. The van der Waals surface area contributed by atoms with Gasteiger partial charge in [0.15, 0.2) is 0 Å². The van der Waals surface area contributed by atoms with Gasteiger partial charge in [0.2, 0.25) is 5.91 Å². The first kappa shape index (κ1) is 19.8. The predicted octanol–water partition coefficient (Wildman–Crippen LogP) is 4.69. The van der Waals surface area contributed by atoms with Crippen LogP contribution in [-0.2, 0) is 4.79 Å². The number of carbonyl (C=O) groups is 1. The molecular weight excluding hydrogens is 374 g/mol. The van der Waals surface area contributed by atoms with Crippen molar-refractivity contribution in [1.82, 2.24) is 9.78 Å². The number of hydrogen-bond donors (Lipinski definition) is 1. The zero-order chi connectivity index (χ0) is 20.4. The highest BCUT2D eigenvalue weighted by Crippen LogP contribution is 2.23. The lowest BCUT2D eigenvalue weighted by Crippen LogP contribution is -2.33. The maximum atomic E-state index is 12.7. The number of halogens is 1. The van der Waals surface area contributed by atoms with Gasteiger partial charge in [-0.25, -0.2) is 4.68 Å². The van der Waals surface area contributed by atoms with Gasteiger partial charge >= 0.3 is 0 Å². The van der Waals surface area contributed by atoms with Crippen LogP contribution in [0, 0.1) is 20.8 Å². The van der Waals surface area contributed by atoms with Gasteiger partial charge in [-0.15, -0.1) is 0 Å². The molecule has 0 aliphatic carbocycles. The summed E-state index contributed by atoms with van der Waals surface area (Å²) in [5.74, 6) is -0.335. The Morgan fingerprint density at radius 2 is 1.75 bits per heavy atom. The Hall–Kier alpha value is -2.92. The van der Waals surface area contributed by atoms with E-state index in [1.165, 1.54) is 10.7 Å². The number of amides is 1. The molecule has 1 N–H and O–H groups in total. The average molecular weight is 396 g/mol. The van der Waals surface area contributed by atoms with Crippen molar-refractivity contribution in [2.45, 2.75) is 33.7 Å². The summed E-state index contributed by atoms with van der Waals surface area (Å²) >= 11 is 6.02. The summed E-state index contributed by atoms with van der Waals surface area (Å²) in [6, 6.07) is 13.7. The smallest absolute Gasteiger partial charge is 0.267 e. The zero-order valence-electron chi connectivity index (χ0n) is 16.3. The van der Waals surface area contributed by atoms with Gasteiger partial charge in [-0.2, -0.15) is 5.10 Å².